The normalized spacial score (nSPS) is 9.56. The van der Waals surface area contributed by atoms with Gasteiger partial charge in [-0.2, -0.15) is 0 Å². The van der Waals surface area contributed by atoms with E-state index < -0.39 is 0 Å². The molecule has 0 saturated heterocycles. The van der Waals surface area contributed by atoms with Crippen LogP contribution >= 0.6 is 11.6 Å². The van der Waals surface area contributed by atoms with Crippen molar-refractivity contribution in [3.63, 3.8) is 0 Å². The second-order valence-electron chi connectivity index (χ2n) is 2.63. The molecule has 0 aliphatic heterocycles. The van der Waals surface area contributed by atoms with Gasteiger partial charge in [-0.05, 0) is 0 Å². The van der Waals surface area contributed by atoms with Crippen LogP contribution in [0.25, 0.3) is 0 Å². The summed E-state index contributed by atoms with van der Waals surface area (Å²) in [5.41, 5.74) is 0. The van der Waals surface area contributed by atoms with Crippen LogP contribution in [0.4, 0.5) is 5.95 Å². The Morgan fingerprint density at radius 1 is 1.50 bits per heavy atom. The molecule has 86 valence electrons. The van der Waals surface area contributed by atoms with Gasteiger partial charge in [-0.3, -0.25) is 0 Å². The van der Waals surface area contributed by atoms with Gasteiger partial charge in [0.25, 0.3) is 0 Å². The van der Waals surface area contributed by atoms with Crippen molar-refractivity contribution < 1.29 is 4.74 Å². The third-order valence-electron chi connectivity index (χ3n) is 1.54. The Morgan fingerprint density at radius 2 is 2.31 bits per heavy atom. The molecule has 0 aliphatic rings. The molecule has 0 aromatic carbocycles. The van der Waals surface area contributed by atoms with E-state index in [2.05, 4.69) is 25.2 Å². The Hall–Kier alpha value is -1.09. The van der Waals surface area contributed by atoms with Crippen molar-refractivity contribution in [2.45, 2.75) is 11.7 Å². The molecule has 1 aromatic heterocycles. The fraction of sp³-hybridized carbons (Fsp3) is 0.500. The first kappa shape index (κ1) is 13.0. The third kappa shape index (κ3) is 4.62. The molecule has 0 bridgehead atoms. The average Bonchev–Trinajstić information content (AvgIpc) is 2.28. The zero-order chi connectivity index (χ0) is 11.8. The van der Waals surface area contributed by atoms with Gasteiger partial charge in [0, 0.05) is 0 Å². The first-order chi connectivity index (χ1) is 7.76. The quantitative estimate of drug-likeness (QED) is 0.622. The maximum absolute atomic E-state index is 8.38. The molecular formula is C8H10ClN5OSe. The van der Waals surface area contributed by atoms with Crippen molar-refractivity contribution in [3.05, 3.63) is 5.28 Å². The number of rotatable bonds is 6. The van der Waals surface area contributed by atoms with Gasteiger partial charge in [0.05, 0.1) is 0 Å². The summed E-state index contributed by atoms with van der Waals surface area (Å²) in [6.07, 6.45) is 0.902. The number of hydrogen-bond acceptors (Lipinski definition) is 6. The number of nitrogens with zero attached hydrogens (tertiary/aromatic N) is 4. The summed E-state index contributed by atoms with van der Waals surface area (Å²) in [6, 6.07) is 0.184. The zero-order valence-corrected chi connectivity index (χ0v) is 11.1. The monoisotopic (exact) mass is 307 g/mol. The van der Waals surface area contributed by atoms with Gasteiger partial charge in [0.1, 0.15) is 0 Å². The molecule has 0 atom stereocenters. The van der Waals surface area contributed by atoms with Crippen LogP contribution in [0.2, 0.25) is 10.6 Å². The molecular weight excluding hydrogens is 297 g/mol. The minimum atomic E-state index is 0.0656. The fourth-order valence-corrected chi connectivity index (χ4v) is 1.84. The summed E-state index contributed by atoms with van der Waals surface area (Å²) < 4.78 is 4.85. The molecule has 0 radical (unpaired) electrons. The topological polar surface area (TPSA) is 83.7 Å². The van der Waals surface area contributed by atoms with Crippen LogP contribution in [0.3, 0.4) is 0 Å². The van der Waals surface area contributed by atoms with Gasteiger partial charge in [-0.1, -0.05) is 0 Å². The van der Waals surface area contributed by atoms with Gasteiger partial charge in [-0.25, -0.2) is 0 Å². The fourth-order valence-electron chi connectivity index (χ4n) is 0.892. The maximum atomic E-state index is 8.38. The summed E-state index contributed by atoms with van der Waals surface area (Å²) in [5.74, 6) is 0.390. The van der Waals surface area contributed by atoms with E-state index >= 15 is 0 Å². The molecule has 8 heteroatoms. The van der Waals surface area contributed by atoms with E-state index in [1.54, 1.807) is 0 Å². The summed E-state index contributed by atoms with van der Waals surface area (Å²) >= 11 is 5.73. The summed E-state index contributed by atoms with van der Waals surface area (Å²) in [6.45, 7) is 0.701. The second-order valence-corrected chi connectivity index (χ2v) is 4.82. The predicted octanol–water partition coefficient (Wildman–Crippen LogP) is 0.939. The first-order valence-corrected chi connectivity index (χ1v) is 6.91. The summed E-state index contributed by atoms with van der Waals surface area (Å²) in [4.78, 5) is 13.8. The molecule has 16 heavy (non-hydrogen) atoms. The number of ether oxygens (including phenoxy) is 1. The Morgan fingerprint density at radius 3 is 3.00 bits per heavy atom. The van der Waals surface area contributed by atoms with Crippen molar-refractivity contribution in [2.75, 3.05) is 19.0 Å². The van der Waals surface area contributed by atoms with Gasteiger partial charge >= 0.3 is 104 Å². The van der Waals surface area contributed by atoms with Crippen molar-refractivity contribution in [3.8, 4) is 11.0 Å². The van der Waals surface area contributed by atoms with E-state index in [9.17, 15) is 0 Å². The SMILES string of the molecule is COc1nc(Cl)nc(NCCC[Se]C#N)n1. The van der Waals surface area contributed by atoms with Crippen LogP contribution in [0, 0.1) is 10.2 Å². The Balaban J connectivity index is 2.41. The third-order valence-corrected chi connectivity index (χ3v) is 3.01. The summed E-state index contributed by atoms with van der Waals surface area (Å²) in [5, 5.41) is 12.4. The number of halogens is 1. The molecule has 0 aliphatic carbocycles. The average molecular weight is 307 g/mol. The molecule has 0 fully saturated rings. The van der Waals surface area contributed by atoms with Crippen LogP contribution in [-0.2, 0) is 0 Å². The van der Waals surface area contributed by atoms with Crippen LogP contribution in [0.15, 0.2) is 0 Å². The number of methoxy groups -OCH3 is 1. The molecule has 1 N–H and O–H groups in total. The van der Waals surface area contributed by atoms with E-state index in [0.29, 0.717) is 12.5 Å². The molecule has 1 heterocycles. The number of nitriles is 1. The standard InChI is InChI=1S/C8H10ClN5OSe/c1-15-8-13-6(9)12-7(14-8)11-3-2-4-16-5-10/h2-4H2,1H3,(H,11,12,13,14). The molecule has 0 unspecified atom stereocenters. The van der Waals surface area contributed by atoms with Crippen LogP contribution in [0.1, 0.15) is 6.42 Å². The number of nitrogens with one attached hydrogen (secondary N) is 1. The molecule has 1 aromatic rings. The van der Waals surface area contributed by atoms with E-state index in [0.717, 1.165) is 11.7 Å². The Kier molecular flexibility index (Phi) is 5.86. The minimum absolute atomic E-state index is 0.0656. The molecule has 0 spiro atoms. The number of aromatic nitrogens is 3. The van der Waals surface area contributed by atoms with Crippen LogP contribution in [-0.4, -0.2) is 43.6 Å². The van der Waals surface area contributed by atoms with Crippen LogP contribution < -0.4 is 10.1 Å². The Labute approximate surface area is 105 Å². The van der Waals surface area contributed by atoms with Gasteiger partial charge < -0.3 is 0 Å². The van der Waals surface area contributed by atoms with Crippen molar-refractivity contribution in [2.24, 2.45) is 0 Å². The van der Waals surface area contributed by atoms with Gasteiger partial charge in [0.2, 0.25) is 0 Å². The number of hydrogen-bond donors (Lipinski definition) is 1. The Bertz CT molecular complexity index is 383. The first-order valence-electron chi connectivity index (χ1n) is 4.46. The van der Waals surface area contributed by atoms with E-state index in [1.165, 1.54) is 7.11 Å². The zero-order valence-electron chi connectivity index (χ0n) is 8.60. The van der Waals surface area contributed by atoms with E-state index in [-0.39, 0.29) is 26.3 Å². The van der Waals surface area contributed by atoms with E-state index in [1.807, 2.05) is 0 Å². The van der Waals surface area contributed by atoms with Crippen LogP contribution in [0.5, 0.6) is 6.01 Å². The summed E-state index contributed by atoms with van der Waals surface area (Å²) in [7, 11) is 1.46. The molecule has 0 amide bonds. The van der Waals surface area contributed by atoms with Crippen molar-refractivity contribution >= 4 is 32.5 Å². The molecule has 1 rings (SSSR count). The van der Waals surface area contributed by atoms with Crippen molar-refractivity contribution in [1.82, 2.24) is 15.0 Å². The van der Waals surface area contributed by atoms with E-state index in [4.69, 9.17) is 21.6 Å². The molecule has 6 nitrogen and oxygen atoms in total. The van der Waals surface area contributed by atoms with Gasteiger partial charge in [0.15, 0.2) is 0 Å². The van der Waals surface area contributed by atoms with Crippen molar-refractivity contribution in [1.29, 1.82) is 5.26 Å². The second kappa shape index (κ2) is 7.23. The molecule has 0 saturated carbocycles. The predicted molar refractivity (Wildman–Crippen MR) is 60.7 cm³/mol. The van der Waals surface area contributed by atoms with Gasteiger partial charge in [-0.15, -0.1) is 0 Å². The number of anilines is 1.